The lowest BCUT2D eigenvalue weighted by Gasteiger charge is -2.39. The summed E-state index contributed by atoms with van der Waals surface area (Å²) in [6.45, 7) is 2.11. The number of rotatable bonds is 6. The van der Waals surface area contributed by atoms with Crippen molar-refractivity contribution in [3.05, 3.63) is 24.0 Å². The van der Waals surface area contributed by atoms with Gasteiger partial charge in [-0.15, -0.1) is 0 Å². The molecule has 0 aromatic carbocycles. The SMILES string of the molecule is CNS(=O)(=O)CC1CCC(C)(Nc2c(C(=O)OC)cnc3[nH]ccc23)CC1. The second-order valence-corrected chi connectivity index (χ2v) is 9.36. The summed E-state index contributed by atoms with van der Waals surface area (Å²) >= 11 is 0. The first-order valence-corrected chi connectivity index (χ1v) is 10.7. The average Bonchev–Trinajstić information content (AvgIpc) is 3.12. The molecule has 2 aromatic rings. The number of hydrogen-bond acceptors (Lipinski definition) is 6. The van der Waals surface area contributed by atoms with E-state index in [-0.39, 0.29) is 17.2 Å². The molecule has 3 rings (SSSR count). The van der Waals surface area contributed by atoms with E-state index in [1.807, 2.05) is 6.07 Å². The molecule has 1 aliphatic carbocycles. The van der Waals surface area contributed by atoms with E-state index in [0.717, 1.165) is 31.1 Å². The van der Waals surface area contributed by atoms with Crippen molar-refractivity contribution in [1.29, 1.82) is 0 Å². The van der Waals surface area contributed by atoms with Gasteiger partial charge in [-0.2, -0.15) is 0 Å². The largest absolute Gasteiger partial charge is 0.465 e. The van der Waals surface area contributed by atoms with Crippen LogP contribution in [-0.2, 0) is 14.8 Å². The molecule has 0 saturated heterocycles. The fourth-order valence-electron chi connectivity index (χ4n) is 3.71. The maximum atomic E-state index is 12.2. The van der Waals surface area contributed by atoms with Crippen LogP contribution in [0.15, 0.2) is 18.5 Å². The van der Waals surface area contributed by atoms with E-state index < -0.39 is 16.0 Å². The van der Waals surface area contributed by atoms with Crippen LogP contribution in [-0.4, -0.2) is 49.8 Å². The summed E-state index contributed by atoms with van der Waals surface area (Å²) in [6, 6.07) is 1.88. The summed E-state index contributed by atoms with van der Waals surface area (Å²) in [5.74, 6) is -0.141. The van der Waals surface area contributed by atoms with Crippen LogP contribution < -0.4 is 10.0 Å². The Balaban J connectivity index is 1.81. The number of ether oxygens (including phenoxy) is 1. The number of nitrogens with zero attached hydrogens (tertiary/aromatic N) is 1. The zero-order valence-corrected chi connectivity index (χ0v) is 16.6. The molecule has 1 aliphatic rings. The fraction of sp³-hybridized carbons (Fsp3) is 0.556. The summed E-state index contributed by atoms with van der Waals surface area (Å²) in [5, 5.41) is 4.37. The fourth-order valence-corrected chi connectivity index (χ4v) is 4.83. The molecule has 2 heterocycles. The van der Waals surface area contributed by atoms with Gasteiger partial charge in [-0.1, -0.05) is 0 Å². The molecule has 0 atom stereocenters. The van der Waals surface area contributed by atoms with Crippen molar-refractivity contribution in [1.82, 2.24) is 14.7 Å². The highest BCUT2D eigenvalue weighted by molar-refractivity contribution is 7.89. The third-order valence-corrected chi connectivity index (χ3v) is 6.93. The van der Waals surface area contributed by atoms with Crippen molar-refractivity contribution in [2.75, 3.05) is 25.2 Å². The van der Waals surface area contributed by atoms with E-state index in [2.05, 4.69) is 26.9 Å². The van der Waals surface area contributed by atoms with Gasteiger partial charge in [-0.25, -0.2) is 22.9 Å². The Kier molecular flexibility index (Phi) is 5.43. The summed E-state index contributed by atoms with van der Waals surface area (Å²) < 4.78 is 30.9. The first-order chi connectivity index (χ1) is 12.8. The molecule has 27 heavy (non-hydrogen) atoms. The third-order valence-electron chi connectivity index (χ3n) is 5.39. The molecule has 9 heteroatoms. The Labute approximate surface area is 159 Å². The molecule has 1 fully saturated rings. The topological polar surface area (TPSA) is 113 Å². The molecule has 3 N–H and O–H groups in total. The molecule has 0 amide bonds. The number of esters is 1. The highest BCUT2D eigenvalue weighted by Crippen LogP contribution is 2.37. The summed E-state index contributed by atoms with van der Waals surface area (Å²) in [7, 11) is -0.404. The number of pyridine rings is 1. The second-order valence-electron chi connectivity index (χ2n) is 7.39. The number of carbonyl (C=O) groups excluding carboxylic acids is 1. The lowest BCUT2D eigenvalue weighted by molar-refractivity contribution is 0.0601. The van der Waals surface area contributed by atoms with Gasteiger partial charge in [0.05, 0.1) is 18.6 Å². The summed E-state index contributed by atoms with van der Waals surface area (Å²) in [6.07, 6.45) is 6.53. The number of anilines is 1. The lowest BCUT2D eigenvalue weighted by Crippen LogP contribution is -2.41. The van der Waals surface area contributed by atoms with E-state index in [0.29, 0.717) is 16.9 Å². The van der Waals surface area contributed by atoms with Gasteiger partial charge in [0.15, 0.2) is 0 Å². The van der Waals surface area contributed by atoms with E-state index in [4.69, 9.17) is 4.74 Å². The number of methoxy groups -OCH3 is 1. The first kappa shape index (κ1) is 19.6. The zero-order chi connectivity index (χ0) is 19.7. The van der Waals surface area contributed by atoms with Gasteiger partial charge in [0.25, 0.3) is 0 Å². The number of aromatic amines is 1. The molecule has 1 saturated carbocycles. The third kappa shape index (κ3) is 4.24. The molecule has 2 aromatic heterocycles. The van der Waals surface area contributed by atoms with Crippen LogP contribution >= 0.6 is 0 Å². The normalized spacial score (nSPS) is 23.3. The van der Waals surface area contributed by atoms with Crippen molar-refractivity contribution in [2.45, 2.75) is 38.1 Å². The van der Waals surface area contributed by atoms with Gasteiger partial charge >= 0.3 is 5.97 Å². The molecule has 0 unspecified atom stereocenters. The van der Waals surface area contributed by atoms with Crippen LogP contribution in [0.1, 0.15) is 43.0 Å². The van der Waals surface area contributed by atoms with Gasteiger partial charge in [0.1, 0.15) is 11.2 Å². The number of H-pyrrole nitrogens is 1. The molecule has 0 spiro atoms. The van der Waals surface area contributed by atoms with Crippen LogP contribution in [0.3, 0.4) is 0 Å². The lowest BCUT2D eigenvalue weighted by atomic mass is 9.78. The Morgan fingerprint density at radius 3 is 2.74 bits per heavy atom. The van der Waals surface area contributed by atoms with Crippen molar-refractivity contribution in [3.63, 3.8) is 0 Å². The Morgan fingerprint density at radius 1 is 1.41 bits per heavy atom. The second kappa shape index (κ2) is 7.47. The highest BCUT2D eigenvalue weighted by Gasteiger charge is 2.34. The average molecular weight is 394 g/mol. The quantitative estimate of drug-likeness (QED) is 0.648. The minimum absolute atomic E-state index is 0.141. The number of sulfonamides is 1. The first-order valence-electron chi connectivity index (χ1n) is 9.01. The summed E-state index contributed by atoms with van der Waals surface area (Å²) in [4.78, 5) is 19.5. The monoisotopic (exact) mass is 394 g/mol. The zero-order valence-electron chi connectivity index (χ0n) is 15.8. The predicted molar refractivity (Wildman–Crippen MR) is 104 cm³/mol. The number of nitrogens with one attached hydrogen (secondary N) is 3. The minimum atomic E-state index is -3.20. The van der Waals surface area contributed by atoms with Gasteiger partial charge in [0.2, 0.25) is 10.0 Å². The van der Waals surface area contributed by atoms with Gasteiger partial charge in [-0.05, 0) is 51.6 Å². The standard InChI is InChI=1S/C18H26N4O4S/c1-18(7-4-12(5-8-18)11-27(24,25)19-2)22-15-13-6-9-20-16(13)21-10-14(15)17(23)26-3/h6,9-10,12,19H,4-5,7-8,11H2,1-3H3,(H2,20,21,22). The maximum absolute atomic E-state index is 12.2. The van der Waals surface area contributed by atoms with Crippen LogP contribution in [0.4, 0.5) is 5.69 Å². The van der Waals surface area contributed by atoms with E-state index in [1.165, 1.54) is 20.4 Å². The molecule has 148 valence electrons. The van der Waals surface area contributed by atoms with Gasteiger partial charge in [0, 0.05) is 23.3 Å². The molecule has 0 aliphatic heterocycles. The van der Waals surface area contributed by atoms with E-state index >= 15 is 0 Å². The molecule has 0 bridgehead atoms. The van der Waals surface area contributed by atoms with Crippen LogP contribution in [0, 0.1) is 5.92 Å². The minimum Gasteiger partial charge on any atom is -0.465 e. The van der Waals surface area contributed by atoms with Gasteiger partial charge < -0.3 is 15.0 Å². The smallest absolute Gasteiger partial charge is 0.341 e. The van der Waals surface area contributed by atoms with Crippen molar-refractivity contribution >= 4 is 32.7 Å². The van der Waals surface area contributed by atoms with Crippen LogP contribution in [0.2, 0.25) is 0 Å². The Hall–Kier alpha value is -2.13. The highest BCUT2D eigenvalue weighted by atomic mass is 32.2. The Bertz CT molecular complexity index is 930. The van der Waals surface area contributed by atoms with Gasteiger partial charge in [-0.3, -0.25) is 0 Å². The molecular formula is C18H26N4O4S. The number of fused-ring (bicyclic) bond motifs is 1. The number of aromatic nitrogens is 2. The van der Waals surface area contributed by atoms with Crippen molar-refractivity contribution in [3.8, 4) is 0 Å². The number of hydrogen-bond donors (Lipinski definition) is 3. The maximum Gasteiger partial charge on any atom is 0.341 e. The van der Waals surface area contributed by atoms with Crippen molar-refractivity contribution in [2.24, 2.45) is 5.92 Å². The Morgan fingerprint density at radius 2 is 2.11 bits per heavy atom. The number of carbonyl (C=O) groups is 1. The van der Waals surface area contributed by atoms with Crippen LogP contribution in [0.5, 0.6) is 0 Å². The molecule has 0 radical (unpaired) electrons. The predicted octanol–water partition coefficient (Wildman–Crippen LogP) is 2.26. The molecule has 8 nitrogen and oxygen atoms in total. The van der Waals surface area contributed by atoms with E-state index in [1.54, 1.807) is 6.20 Å². The van der Waals surface area contributed by atoms with E-state index in [9.17, 15) is 13.2 Å². The molecular weight excluding hydrogens is 368 g/mol. The van der Waals surface area contributed by atoms with Crippen molar-refractivity contribution < 1.29 is 17.9 Å². The summed E-state index contributed by atoms with van der Waals surface area (Å²) in [5.41, 5.74) is 1.55. The van der Waals surface area contributed by atoms with Crippen LogP contribution in [0.25, 0.3) is 11.0 Å².